The molecule has 0 aliphatic rings. The fourth-order valence-electron chi connectivity index (χ4n) is 1.16. The van der Waals surface area contributed by atoms with Gasteiger partial charge in [0.25, 0.3) is 0 Å². The molecule has 1 heterocycles. The van der Waals surface area contributed by atoms with E-state index in [2.05, 4.69) is 35.6 Å². The first-order valence-corrected chi connectivity index (χ1v) is 6.46. The van der Waals surface area contributed by atoms with Gasteiger partial charge < -0.3 is 9.84 Å². The van der Waals surface area contributed by atoms with Gasteiger partial charge in [-0.15, -0.1) is 12.4 Å². The van der Waals surface area contributed by atoms with Crippen LogP contribution < -0.4 is 5.32 Å². The lowest BCUT2D eigenvalue weighted by Crippen LogP contribution is -2.24. The van der Waals surface area contributed by atoms with Crippen molar-refractivity contribution in [2.24, 2.45) is 0 Å². The first kappa shape index (κ1) is 15.7. The van der Waals surface area contributed by atoms with Gasteiger partial charge in [-0.05, 0) is 20.2 Å². The summed E-state index contributed by atoms with van der Waals surface area (Å²) in [5, 5.41) is 7.63. The Labute approximate surface area is 107 Å². The van der Waals surface area contributed by atoms with Crippen LogP contribution in [0.3, 0.4) is 0 Å². The van der Waals surface area contributed by atoms with Crippen LogP contribution in [0.25, 0.3) is 0 Å². The molecule has 0 bridgehead atoms. The molecule has 0 spiro atoms. The van der Waals surface area contributed by atoms with Crippen molar-refractivity contribution in [3.8, 4) is 0 Å². The summed E-state index contributed by atoms with van der Waals surface area (Å²) in [4.78, 5) is 4.36. The zero-order valence-corrected chi connectivity index (χ0v) is 11.8. The van der Waals surface area contributed by atoms with E-state index in [1.165, 1.54) is 0 Å². The molecule has 0 amide bonds. The lowest BCUT2D eigenvalue weighted by Gasteiger charge is -2.05. The number of thioether (sulfide) groups is 1. The maximum atomic E-state index is 5.18. The summed E-state index contributed by atoms with van der Waals surface area (Å²) in [6, 6.07) is 0.383. The van der Waals surface area contributed by atoms with Crippen molar-refractivity contribution in [3.05, 3.63) is 11.7 Å². The summed E-state index contributed by atoms with van der Waals surface area (Å²) in [5.41, 5.74) is 0. The van der Waals surface area contributed by atoms with Crippen LogP contribution in [0.2, 0.25) is 0 Å². The van der Waals surface area contributed by atoms with Gasteiger partial charge in [0.05, 0.1) is 0 Å². The molecule has 94 valence electrons. The van der Waals surface area contributed by atoms with Crippen LogP contribution in [0, 0.1) is 0 Å². The Bertz CT molecular complexity index is 269. The maximum Gasteiger partial charge on any atom is 0.227 e. The molecule has 2 atom stereocenters. The summed E-state index contributed by atoms with van der Waals surface area (Å²) >= 11 is 1.81. The number of rotatable bonds is 6. The molecule has 0 saturated carbocycles. The van der Waals surface area contributed by atoms with Crippen LogP contribution in [0.5, 0.6) is 0 Å². The lowest BCUT2D eigenvalue weighted by atomic mass is 10.2. The van der Waals surface area contributed by atoms with E-state index in [1.807, 2.05) is 18.8 Å². The number of hydrogen-bond acceptors (Lipinski definition) is 5. The van der Waals surface area contributed by atoms with E-state index < -0.39 is 0 Å². The number of likely N-dealkylation sites (N-methyl/N-ethyl adjacent to an activating group) is 1. The third-order valence-electron chi connectivity index (χ3n) is 2.36. The van der Waals surface area contributed by atoms with E-state index in [0.29, 0.717) is 11.3 Å². The van der Waals surface area contributed by atoms with Crippen molar-refractivity contribution in [3.63, 3.8) is 0 Å². The average Bonchev–Trinajstić information content (AvgIpc) is 2.65. The molecule has 4 nitrogen and oxygen atoms in total. The number of hydrogen-bond donors (Lipinski definition) is 1. The molecule has 0 aliphatic heterocycles. The van der Waals surface area contributed by atoms with E-state index in [0.717, 1.165) is 24.6 Å². The minimum absolute atomic E-state index is 0. The number of aromatic nitrogens is 2. The molecular weight excluding hydrogens is 246 g/mol. The Balaban J connectivity index is 0.00000225. The highest BCUT2D eigenvalue weighted by molar-refractivity contribution is 7.99. The number of nitrogens with zero attached hydrogens (tertiary/aromatic N) is 2. The van der Waals surface area contributed by atoms with Gasteiger partial charge in [0.2, 0.25) is 5.89 Å². The Morgan fingerprint density at radius 2 is 2.06 bits per heavy atom. The Morgan fingerprint density at radius 1 is 1.38 bits per heavy atom. The molecular formula is C10H20ClN3OS. The van der Waals surface area contributed by atoms with E-state index in [-0.39, 0.29) is 12.4 Å². The highest BCUT2D eigenvalue weighted by atomic mass is 35.5. The second kappa shape index (κ2) is 7.92. The predicted molar refractivity (Wildman–Crippen MR) is 70.5 cm³/mol. The number of nitrogens with one attached hydrogen (secondary N) is 1. The highest BCUT2D eigenvalue weighted by Crippen LogP contribution is 2.11. The lowest BCUT2D eigenvalue weighted by molar-refractivity contribution is 0.371. The van der Waals surface area contributed by atoms with Crippen LogP contribution in [0.4, 0.5) is 0 Å². The maximum absolute atomic E-state index is 5.18. The molecule has 1 aromatic rings. The van der Waals surface area contributed by atoms with Crippen molar-refractivity contribution < 1.29 is 4.52 Å². The van der Waals surface area contributed by atoms with E-state index in [4.69, 9.17) is 4.52 Å². The summed E-state index contributed by atoms with van der Waals surface area (Å²) in [7, 11) is 1.93. The largest absolute Gasteiger partial charge is 0.339 e. The normalized spacial score (nSPS) is 14.2. The topological polar surface area (TPSA) is 51.0 Å². The zero-order chi connectivity index (χ0) is 11.3. The third-order valence-corrected chi connectivity index (χ3v) is 3.33. The summed E-state index contributed by atoms with van der Waals surface area (Å²) in [5.74, 6) is 1.54. The van der Waals surface area contributed by atoms with Crippen LogP contribution in [0.15, 0.2) is 4.52 Å². The molecule has 2 unspecified atom stereocenters. The molecule has 1 rings (SSSR count). The fourth-order valence-corrected chi connectivity index (χ4v) is 1.47. The second-order valence-electron chi connectivity index (χ2n) is 3.75. The minimum Gasteiger partial charge on any atom is -0.339 e. The summed E-state index contributed by atoms with van der Waals surface area (Å²) in [6.07, 6.45) is 3.75. The fraction of sp³-hybridized carbons (Fsp3) is 0.800. The Hall–Kier alpha value is -0.260. The van der Waals surface area contributed by atoms with Crippen LogP contribution >= 0.6 is 24.2 Å². The quantitative estimate of drug-likeness (QED) is 0.852. The molecule has 0 aliphatic carbocycles. The van der Waals surface area contributed by atoms with Crippen molar-refractivity contribution in [2.45, 2.75) is 38.0 Å². The smallest absolute Gasteiger partial charge is 0.227 e. The first-order chi connectivity index (χ1) is 7.15. The van der Waals surface area contributed by atoms with Gasteiger partial charge >= 0.3 is 0 Å². The molecule has 0 radical (unpaired) electrons. The molecule has 0 aromatic carbocycles. The summed E-state index contributed by atoms with van der Waals surface area (Å²) < 4.78 is 5.18. The van der Waals surface area contributed by atoms with Gasteiger partial charge in [0.1, 0.15) is 0 Å². The SMILES string of the molecule is CNC(C)Cc1noc(CC(C)SC)n1.Cl. The minimum atomic E-state index is 0. The number of halogens is 1. The van der Waals surface area contributed by atoms with Crippen LogP contribution in [0.1, 0.15) is 25.6 Å². The van der Waals surface area contributed by atoms with Gasteiger partial charge in [-0.3, -0.25) is 0 Å². The molecule has 1 N–H and O–H groups in total. The van der Waals surface area contributed by atoms with Gasteiger partial charge in [-0.25, -0.2) is 0 Å². The Morgan fingerprint density at radius 3 is 2.62 bits per heavy atom. The highest BCUT2D eigenvalue weighted by Gasteiger charge is 2.11. The molecule has 6 heteroatoms. The van der Waals surface area contributed by atoms with Crippen LogP contribution in [-0.4, -0.2) is 34.7 Å². The molecule has 0 saturated heterocycles. The molecule has 0 fully saturated rings. The third kappa shape index (κ3) is 5.18. The second-order valence-corrected chi connectivity index (χ2v) is 5.02. The van der Waals surface area contributed by atoms with E-state index >= 15 is 0 Å². The standard InChI is InChI=1S/C10H19N3OS.ClH/c1-7(11-3)5-9-12-10(14-13-9)6-8(2)15-4;/h7-8,11H,5-6H2,1-4H3;1H. The van der Waals surface area contributed by atoms with Gasteiger partial charge in [0, 0.05) is 24.1 Å². The predicted octanol–water partition coefficient (Wildman–Crippen LogP) is 1.94. The first-order valence-electron chi connectivity index (χ1n) is 5.17. The van der Waals surface area contributed by atoms with Gasteiger partial charge in [-0.2, -0.15) is 16.7 Å². The molecule has 16 heavy (non-hydrogen) atoms. The molecule has 1 aromatic heterocycles. The van der Waals surface area contributed by atoms with Crippen molar-refractivity contribution in [2.75, 3.05) is 13.3 Å². The average molecular weight is 266 g/mol. The van der Waals surface area contributed by atoms with E-state index in [1.54, 1.807) is 0 Å². The van der Waals surface area contributed by atoms with Gasteiger partial charge in [0.15, 0.2) is 5.82 Å². The van der Waals surface area contributed by atoms with Crippen LogP contribution in [-0.2, 0) is 12.8 Å². The van der Waals surface area contributed by atoms with Crippen molar-refractivity contribution in [1.29, 1.82) is 0 Å². The van der Waals surface area contributed by atoms with Crippen molar-refractivity contribution >= 4 is 24.2 Å². The zero-order valence-electron chi connectivity index (χ0n) is 10.2. The van der Waals surface area contributed by atoms with Gasteiger partial charge in [-0.1, -0.05) is 12.1 Å². The van der Waals surface area contributed by atoms with E-state index in [9.17, 15) is 0 Å². The monoisotopic (exact) mass is 265 g/mol. The van der Waals surface area contributed by atoms with Crippen molar-refractivity contribution in [1.82, 2.24) is 15.5 Å². The Kier molecular flexibility index (Phi) is 7.80. The summed E-state index contributed by atoms with van der Waals surface area (Å²) in [6.45, 7) is 4.26.